The molecular formula is AlB2CrO6. The average Bonchev–Trinajstić information content (AvgIpc) is 1.25. The second-order valence-corrected chi connectivity index (χ2v) is 0.577. The van der Waals surface area contributed by atoms with E-state index >= 15 is 0 Å². The summed E-state index contributed by atoms with van der Waals surface area (Å²) in [7, 11) is -5.83. The van der Waals surface area contributed by atoms with Crippen LogP contribution in [0.15, 0.2) is 0 Å². The maximum Gasteiger partial charge on any atom is 3.00 e. The van der Waals surface area contributed by atoms with Gasteiger partial charge >= 0.3 is 34.7 Å². The van der Waals surface area contributed by atoms with Crippen molar-refractivity contribution in [2.24, 2.45) is 0 Å². The van der Waals surface area contributed by atoms with Gasteiger partial charge < -0.3 is 30.1 Å². The number of hydrogen-bond donors (Lipinski definition) is 0. The van der Waals surface area contributed by atoms with Crippen LogP contribution in [0.5, 0.6) is 0 Å². The van der Waals surface area contributed by atoms with E-state index in [1.165, 1.54) is 0 Å². The molecule has 51 valence electrons. The topological polar surface area (TPSA) is 138 Å². The Morgan fingerprint density at radius 2 is 0.600 bits per heavy atom. The van der Waals surface area contributed by atoms with Gasteiger partial charge in [-0.2, -0.15) is 0 Å². The van der Waals surface area contributed by atoms with E-state index < -0.39 is 14.6 Å². The van der Waals surface area contributed by atoms with Crippen LogP contribution in [0.2, 0.25) is 0 Å². The molecule has 0 rings (SSSR count). The molecule has 0 bridgehead atoms. The second-order valence-electron chi connectivity index (χ2n) is 0.577. The first-order chi connectivity index (χ1) is 3.46. The molecule has 0 aliphatic carbocycles. The predicted molar refractivity (Wildman–Crippen MR) is 17.3 cm³/mol. The van der Waals surface area contributed by atoms with Gasteiger partial charge in [-0.05, 0) is 0 Å². The van der Waals surface area contributed by atoms with E-state index in [9.17, 15) is 0 Å². The van der Waals surface area contributed by atoms with Crippen LogP contribution < -0.4 is 30.1 Å². The normalized spacial score (nSPS) is 5.40. The summed E-state index contributed by atoms with van der Waals surface area (Å²) in [4.78, 5) is 0. The van der Waals surface area contributed by atoms with Crippen LogP contribution in [0.25, 0.3) is 0 Å². The summed E-state index contributed by atoms with van der Waals surface area (Å²) < 4.78 is 0. The Balaban J connectivity index is -0.0000000300. The monoisotopic (exact) mass is 197 g/mol. The van der Waals surface area contributed by atoms with Gasteiger partial charge in [0.15, 0.2) is 0 Å². The van der Waals surface area contributed by atoms with E-state index in [2.05, 4.69) is 0 Å². The van der Waals surface area contributed by atoms with Gasteiger partial charge in [-0.15, -0.1) is 0 Å². The van der Waals surface area contributed by atoms with Gasteiger partial charge in [0.05, 0.1) is 0 Å². The Labute approximate surface area is 79.7 Å². The number of hydrogen-bond acceptors (Lipinski definition) is 6. The molecule has 1 radical (unpaired) electrons. The molecule has 6 nitrogen and oxygen atoms in total. The van der Waals surface area contributed by atoms with E-state index in [1.807, 2.05) is 0 Å². The molecule has 0 aliphatic heterocycles. The molecule has 0 aromatic rings. The van der Waals surface area contributed by atoms with Crippen molar-refractivity contribution in [3.05, 3.63) is 0 Å². The van der Waals surface area contributed by atoms with Gasteiger partial charge in [0.1, 0.15) is 0 Å². The summed E-state index contributed by atoms with van der Waals surface area (Å²) in [6.45, 7) is 0. The largest absolute Gasteiger partial charge is 3.00 e. The van der Waals surface area contributed by atoms with Crippen LogP contribution in [0.3, 0.4) is 0 Å². The van der Waals surface area contributed by atoms with Crippen LogP contribution >= 0.6 is 0 Å². The predicted octanol–water partition coefficient (Wildman–Crippen LogP) is -8.28. The Morgan fingerprint density at radius 1 is 0.600 bits per heavy atom. The zero-order valence-corrected chi connectivity index (χ0v) is 7.02. The average molecular weight is 197 g/mol. The van der Waals surface area contributed by atoms with Crippen molar-refractivity contribution in [2.75, 3.05) is 0 Å². The van der Waals surface area contributed by atoms with Gasteiger partial charge in [0.25, 0.3) is 0 Å². The maximum absolute atomic E-state index is 8.42. The minimum atomic E-state index is -2.92. The Hall–Kier alpha value is 0.955. The zero-order valence-electron chi connectivity index (χ0n) is 4.59. The quantitative estimate of drug-likeness (QED) is 0.353. The first kappa shape index (κ1) is 22.4. The van der Waals surface area contributed by atoms with Gasteiger partial charge in [-0.3, -0.25) is 14.6 Å². The van der Waals surface area contributed by atoms with Gasteiger partial charge in [0, 0.05) is 0 Å². The summed E-state index contributed by atoms with van der Waals surface area (Å²) >= 11 is 0. The molecule has 0 atom stereocenters. The second kappa shape index (κ2) is 16.5. The fraction of sp³-hybridized carbons (Fsp3) is 0. The van der Waals surface area contributed by atoms with Crippen LogP contribution in [-0.2, 0) is 17.4 Å². The smallest absolute Gasteiger partial charge is 0.907 e. The van der Waals surface area contributed by atoms with Crippen molar-refractivity contribution in [3.8, 4) is 0 Å². The summed E-state index contributed by atoms with van der Waals surface area (Å²) in [6, 6.07) is 0. The van der Waals surface area contributed by atoms with Crippen LogP contribution in [0.4, 0.5) is 0 Å². The van der Waals surface area contributed by atoms with E-state index in [0.29, 0.717) is 0 Å². The molecule has 0 saturated carbocycles. The van der Waals surface area contributed by atoms with E-state index in [1.54, 1.807) is 0 Å². The molecular weight excluding hydrogens is 197 g/mol. The standard InChI is InChI=1S/Al.2BO3.Cr/c;2*2-1(3)4;/q+3;2*-3;+3. The molecule has 0 saturated heterocycles. The van der Waals surface area contributed by atoms with Crippen molar-refractivity contribution in [1.82, 2.24) is 0 Å². The third-order valence-corrected chi connectivity index (χ3v) is 0. The van der Waals surface area contributed by atoms with Crippen molar-refractivity contribution in [1.29, 1.82) is 0 Å². The van der Waals surface area contributed by atoms with Crippen molar-refractivity contribution < 1.29 is 47.5 Å². The van der Waals surface area contributed by atoms with E-state index in [-0.39, 0.29) is 34.7 Å². The van der Waals surface area contributed by atoms with Gasteiger partial charge in [-0.1, -0.05) is 0 Å². The molecule has 0 unspecified atom stereocenters. The third-order valence-electron chi connectivity index (χ3n) is 0. The molecule has 0 aromatic carbocycles. The maximum atomic E-state index is 8.42. The van der Waals surface area contributed by atoms with Crippen molar-refractivity contribution in [2.45, 2.75) is 0 Å². The molecule has 10 heavy (non-hydrogen) atoms. The Bertz CT molecular complexity index is 31.2. The first-order valence-electron chi connectivity index (χ1n) is 1.41. The molecule has 0 heterocycles. The first-order valence-corrected chi connectivity index (χ1v) is 1.41. The summed E-state index contributed by atoms with van der Waals surface area (Å²) in [6.07, 6.45) is 0. The van der Waals surface area contributed by atoms with Crippen molar-refractivity contribution >= 4 is 32.0 Å². The summed E-state index contributed by atoms with van der Waals surface area (Å²) in [5.41, 5.74) is 0. The molecule has 0 spiro atoms. The molecule has 0 fully saturated rings. The van der Waals surface area contributed by atoms with E-state index in [0.717, 1.165) is 0 Å². The molecule has 0 aromatic heterocycles. The Morgan fingerprint density at radius 3 is 0.600 bits per heavy atom. The van der Waals surface area contributed by atoms with Crippen molar-refractivity contribution in [3.63, 3.8) is 0 Å². The minimum Gasteiger partial charge on any atom is -0.907 e. The molecule has 0 aliphatic rings. The minimum absolute atomic E-state index is 0. The Kier molecular flexibility index (Phi) is 37.0. The van der Waals surface area contributed by atoms with Crippen LogP contribution in [0.1, 0.15) is 0 Å². The number of rotatable bonds is 0. The molecule has 10 heteroatoms. The van der Waals surface area contributed by atoms with E-state index in [4.69, 9.17) is 30.1 Å². The van der Waals surface area contributed by atoms with Crippen LogP contribution in [-0.4, -0.2) is 32.0 Å². The molecule has 0 N–H and O–H groups in total. The SMILES string of the molecule is [Al+3].[Cr+3].[O-]B([O-])[O-].[O-]B([O-])[O-]. The fourth-order valence-corrected chi connectivity index (χ4v) is 0. The molecule has 0 amide bonds. The van der Waals surface area contributed by atoms with Gasteiger partial charge in [-0.25, -0.2) is 0 Å². The third kappa shape index (κ3) is 622. The zero-order chi connectivity index (χ0) is 7.15. The van der Waals surface area contributed by atoms with Gasteiger partial charge in [0.2, 0.25) is 0 Å². The fourth-order valence-electron chi connectivity index (χ4n) is 0. The van der Waals surface area contributed by atoms with Crippen LogP contribution in [0, 0.1) is 0 Å². The summed E-state index contributed by atoms with van der Waals surface area (Å²) in [5, 5.41) is 50.5. The summed E-state index contributed by atoms with van der Waals surface area (Å²) in [5.74, 6) is 0.